The number of aryl methyl sites for hydroxylation is 1. The Morgan fingerprint density at radius 1 is 1.24 bits per heavy atom. The zero-order valence-corrected chi connectivity index (χ0v) is 20.0. The van der Waals surface area contributed by atoms with E-state index in [1.165, 1.54) is 13.0 Å². The highest BCUT2D eigenvalue weighted by Crippen LogP contribution is 2.28. The van der Waals surface area contributed by atoms with E-state index >= 15 is 0 Å². The van der Waals surface area contributed by atoms with Crippen molar-refractivity contribution in [2.75, 3.05) is 13.2 Å². The quantitative estimate of drug-likeness (QED) is 0.707. The molecule has 2 amide bonds. The van der Waals surface area contributed by atoms with Crippen molar-refractivity contribution in [3.05, 3.63) is 52.1 Å². The molecule has 4 heterocycles. The van der Waals surface area contributed by atoms with Crippen molar-refractivity contribution < 1.29 is 27.5 Å². The van der Waals surface area contributed by atoms with Gasteiger partial charge in [-0.05, 0) is 44.4 Å². The fourth-order valence-electron chi connectivity index (χ4n) is 4.29. The van der Waals surface area contributed by atoms with E-state index in [0.717, 1.165) is 18.9 Å². The van der Waals surface area contributed by atoms with E-state index in [2.05, 4.69) is 10.3 Å². The highest BCUT2D eigenvalue weighted by atomic mass is 19.4. The third kappa shape index (κ3) is 5.27. The standard InChI is InChI=1S/C22H25F3N4O3.C2H6/c1-13-4-3-7-28(13)21(31)17-10-16(18-12-32-9-8-29(17)18)20(30)26-11-15-5-6-19(22(23,24)25)27-14(15)2;1-2/h5-6,10,13H,3-4,7-9,11-12H2,1-2H3,(H,26,30);1-2H3. The summed E-state index contributed by atoms with van der Waals surface area (Å²) in [4.78, 5) is 31.5. The van der Waals surface area contributed by atoms with Gasteiger partial charge in [0.25, 0.3) is 11.8 Å². The van der Waals surface area contributed by atoms with Crippen LogP contribution in [0.25, 0.3) is 0 Å². The summed E-state index contributed by atoms with van der Waals surface area (Å²) in [6.45, 7) is 9.35. The first kappa shape index (κ1) is 25.7. The second kappa shape index (κ2) is 10.6. The molecule has 2 aliphatic rings. The van der Waals surface area contributed by atoms with Gasteiger partial charge in [0.15, 0.2) is 0 Å². The van der Waals surface area contributed by atoms with E-state index in [1.54, 1.807) is 6.07 Å². The van der Waals surface area contributed by atoms with Crippen LogP contribution >= 0.6 is 0 Å². The molecule has 2 aromatic rings. The van der Waals surface area contributed by atoms with Gasteiger partial charge in [0.2, 0.25) is 0 Å². The van der Waals surface area contributed by atoms with Crippen LogP contribution in [-0.2, 0) is 30.6 Å². The summed E-state index contributed by atoms with van der Waals surface area (Å²) in [6, 6.07) is 3.97. The molecule has 2 aliphatic heterocycles. The number of carbonyl (C=O) groups is 2. The lowest BCUT2D eigenvalue weighted by atomic mass is 10.1. The molecule has 4 rings (SSSR count). The molecule has 1 N–H and O–H groups in total. The molecule has 34 heavy (non-hydrogen) atoms. The van der Waals surface area contributed by atoms with E-state index in [4.69, 9.17) is 4.74 Å². The highest BCUT2D eigenvalue weighted by molar-refractivity contribution is 6.00. The number of aromatic nitrogens is 2. The third-order valence-corrected chi connectivity index (χ3v) is 6.11. The SMILES string of the molecule is CC.Cc1nc(C(F)(F)F)ccc1CNC(=O)c1cc(C(=O)N2CCCC2C)n2c1COCC2. The predicted molar refractivity (Wildman–Crippen MR) is 120 cm³/mol. The maximum atomic E-state index is 13.1. The molecule has 10 heteroatoms. The zero-order valence-electron chi connectivity index (χ0n) is 20.0. The largest absolute Gasteiger partial charge is 0.433 e. The summed E-state index contributed by atoms with van der Waals surface area (Å²) in [7, 11) is 0. The van der Waals surface area contributed by atoms with Gasteiger partial charge in [-0.3, -0.25) is 9.59 Å². The van der Waals surface area contributed by atoms with E-state index in [0.29, 0.717) is 42.2 Å². The molecule has 0 spiro atoms. The minimum atomic E-state index is -4.52. The van der Waals surface area contributed by atoms with Crippen molar-refractivity contribution in [2.24, 2.45) is 0 Å². The van der Waals surface area contributed by atoms with Crippen LogP contribution in [0.4, 0.5) is 13.2 Å². The number of nitrogens with zero attached hydrogens (tertiary/aromatic N) is 3. The van der Waals surface area contributed by atoms with Crippen LogP contribution in [0.2, 0.25) is 0 Å². The first-order valence-electron chi connectivity index (χ1n) is 11.6. The number of hydrogen-bond acceptors (Lipinski definition) is 4. The minimum Gasteiger partial charge on any atom is -0.373 e. The maximum absolute atomic E-state index is 13.1. The molecule has 7 nitrogen and oxygen atoms in total. The van der Waals surface area contributed by atoms with Gasteiger partial charge in [0.1, 0.15) is 11.4 Å². The summed E-state index contributed by atoms with van der Waals surface area (Å²) in [5, 5.41) is 2.74. The molecular formula is C24H31F3N4O3. The molecule has 1 atom stereocenters. The number of alkyl halides is 3. The van der Waals surface area contributed by atoms with Crippen molar-refractivity contribution in [3.8, 4) is 0 Å². The molecule has 0 saturated carbocycles. The first-order chi connectivity index (χ1) is 16.2. The average molecular weight is 481 g/mol. The second-order valence-electron chi connectivity index (χ2n) is 8.21. The number of nitrogens with one attached hydrogen (secondary N) is 1. The number of likely N-dealkylation sites (tertiary alicyclic amines) is 1. The van der Waals surface area contributed by atoms with E-state index < -0.39 is 17.8 Å². The van der Waals surface area contributed by atoms with Crippen molar-refractivity contribution >= 4 is 11.8 Å². The van der Waals surface area contributed by atoms with E-state index in [1.807, 2.05) is 30.2 Å². The number of pyridine rings is 1. The monoisotopic (exact) mass is 480 g/mol. The lowest BCUT2D eigenvalue weighted by molar-refractivity contribution is -0.141. The van der Waals surface area contributed by atoms with Crippen LogP contribution in [0, 0.1) is 6.92 Å². The Bertz CT molecular complexity index is 1050. The summed E-state index contributed by atoms with van der Waals surface area (Å²) in [6.07, 6.45) is -2.61. The van der Waals surface area contributed by atoms with Crippen LogP contribution in [0.3, 0.4) is 0 Å². The number of rotatable bonds is 4. The zero-order chi connectivity index (χ0) is 25.0. The van der Waals surface area contributed by atoms with E-state index in [-0.39, 0.29) is 30.8 Å². The first-order valence-corrected chi connectivity index (χ1v) is 11.6. The Hall–Kier alpha value is -2.88. The lowest BCUT2D eigenvalue weighted by Gasteiger charge is -2.24. The fraction of sp³-hybridized carbons (Fsp3) is 0.542. The summed E-state index contributed by atoms with van der Waals surface area (Å²) in [5.41, 5.74) is 1.15. The average Bonchev–Trinajstić information content (AvgIpc) is 3.42. The Morgan fingerprint density at radius 3 is 2.59 bits per heavy atom. The van der Waals surface area contributed by atoms with Gasteiger partial charge >= 0.3 is 6.18 Å². The smallest absolute Gasteiger partial charge is 0.373 e. The number of amides is 2. The Morgan fingerprint density at radius 2 is 1.97 bits per heavy atom. The minimum absolute atomic E-state index is 0.0215. The van der Waals surface area contributed by atoms with Crippen LogP contribution in [0.5, 0.6) is 0 Å². The summed E-state index contributed by atoms with van der Waals surface area (Å²) < 4.78 is 45.8. The van der Waals surface area contributed by atoms with Gasteiger partial charge in [0.05, 0.1) is 24.5 Å². The maximum Gasteiger partial charge on any atom is 0.433 e. The van der Waals surface area contributed by atoms with Crippen LogP contribution in [0.15, 0.2) is 18.2 Å². The molecule has 1 unspecified atom stereocenters. The lowest BCUT2D eigenvalue weighted by Crippen LogP contribution is -2.35. The molecule has 186 valence electrons. The van der Waals surface area contributed by atoms with Crippen molar-refractivity contribution in [1.82, 2.24) is 19.8 Å². The molecule has 1 saturated heterocycles. The van der Waals surface area contributed by atoms with Gasteiger partial charge < -0.3 is 19.5 Å². The predicted octanol–water partition coefficient (Wildman–Crippen LogP) is 4.32. The van der Waals surface area contributed by atoms with E-state index in [9.17, 15) is 22.8 Å². The number of ether oxygens (including phenoxy) is 1. The van der Waals surface area contributed by atoms with Crippen molar-refractivity contribution in [1.29, 1.82) is 0 Å². The molecule has 0 aliphatic carbocycles. The fourth-order valence-corrected chi connectivity index (χ4v) is 4.29. The number of carbonyl (C=O) groups excluding carboxylic acids is 2. The van der Waals surface area contributed by atoms with Gasteiger partial charge in [-0.15, -0.1) is 0 Å². The molecule has 1 fully saturated rings. The molecule has 2 aromatic heterocycles. The number of fused-ring (bicyclic) bond motifs is 1. The number of halogens is 3. The molecule has 0 radical (unpaired) electrons. The molecule has 0 bridgehead atoms. The Kier molecular flexibility index (Phi) is 8.01. The van der Waals surface area contributed by atoms with Crippen LogP contribution in [0.1, 0.15) is 77.1 Å². The summed E-state index contributed by atoms with van der Waals surface area (Å²) >= 11 is 0. The molecular weight excluding hydrogens is 449 g/mol. The molecule has 0 aromatic carbocycles. The van der Waals surface area contributed by atoms with Crippen molar-refractivity contribution in [3.63, 3.8) is 0 Å². The van der Waals surface area contributed by atoms with Gasteiger partial charge in [-0.2, -0.15) is 13.2 Å². The van der Waals surface area contributed by atoms with Crippen molar-refractivity contribution in [2.45, 2.75) is 72.5 Å². The van der Waals surface area contributed by atoms with Crippen LogP contribution < -0.4 is 5.32 Å². The Labute approximate surface area is 197 Å². The third-order valence-electron chi connectivity index (χ3n) is 6.11. The highest BCUT2D eigenvalue weighted by Gasteiger charge is 2.33. The summed E-state index contributed by atoms with van der Waals surface area (Å²) in [5.74, 6) is -0.507. The normalized spacial score (nSPS) is 17.6. The van der Waals surface area contributed by atoms with Gasteiger partial charge in [-0.25, -0.2) is 4.98 Å². The second-order valence-corrected chi connectivity index (χ2v) is 8.21. The van der Waals surface area contributed by atoms with Crippen LogP contribution in [-0.4, -0.2) is 45.5 Å². The van der Waals surface area contributed by atoms with Gasteiger partial charge in [-0.1, -0.05) is 19.9 Å². The van der Waals surface area contributed by atoms with Gasteiger partial charge in [0, 0.05) is 31.4 Å². The number of hydrogen-bond donors (Lipinski definition) is 1. The Balaban J connectivity index is 0.00000158. The topological polar surface area (TPSA) is 76.5 Å².